The van der Waals surface area contributed by atoms with Gasteiger partial charge in [-0.05, 0) is 24.1 Å². The monoisotopic (exact) mass is 373 g/mol. The predicted octanol–water partition coefficient (Wildman–Crippen LogP) is 1.96. The molecule has 0 aliphatic rings. The van der Waals surface area contributed by atoms with Crippen LogP contribution >= 0.6 is 0 Å². The standard InChI is InChI=1S/C19H23N3O3S/c1-3-13-22(14-11-17-8-5-4-6-9-17)19(23)16-21(2)26(24,25)18-10-7-12-20-15-18/h3-10,12,15H,1,11,13-14,16H2,2H3. The van der Waals surface area contributed by atoms with Crippen molar-refractivity contribution in [1.82, 2.24) is 14.2 Å². The highest BCUT2D eigenvalue weighted by Gasteiger charge is 2.25. The Balaban J connectivity index is 2.03. The molecule has 0 unspecified atom stereocenters. The van der Waals surface area contributed by atoms with Gasteiger partial charge in [-0.1, -0.05) is 36.4 Å². The Hall–Kier alpha value is -2.51. The minimum Gasteiger partial charge on any atom is -0.338 e. The van der Waals surface area contributed by atoms with E-state index in [0.29, 0.717) is 19.5 Å². The molecule has 6 nitrogen and oxygen atoms in total. The molecule has 0 fully saturated rings. The van der Waals surface area contributed by atoms with Crippen molar-refractivity contribution in [2.45, 2.75) is 11.3 Å². The number of hydrogen-bond acceptors (Lipinski definition) is 4. The molecule has 26 heavy (non-hydrogen) atoms. The Morgan fingerprint density at radius 3 is 2.54 bits per heavy atom. The number of pyridine rings is 1. The van der Waals surface area contributed by atoms with E-state index < -0.39 is 10.0 Å². The summed E-state index contributed by atoms with van der Waals surface area (Å²) in [5.74, 6) is -0.268. The van der Waals surface area contributed by atoms with Crippen molar-refractivity contribution in [1.29, 1.82) is 0 Å². The summed E-state index contributed by atoms with van der Waals surface area (Å²) >= 11 is 0. The van der Waals surface area contributed by atoms with Crippen LogP contribution in [-0.2, 0) is 21.2 Å². The maximum atomic E-state index is 12.6. The number of likely N-dealkylation sites (N-methyl/N-ethyl adjacent to an activating group) is 1. The first-order valence-electron chi connectivity index (χ1n) is 8.24. The van der Waals surface area contributed by atoms with Crippen LogP contribution in [0.3, 0.4) is 0 Å². The number of aromatic nitrogens is 1. The maximum Gasteiger partial charge on any atom is 0.244 e. The number of nitrogens with zero attached hydrogens (tertiary/aromatic N) is 3. The fourth-order valence-electron chi connectivity index (χ4n) is 2.44. The molecule has 2 aromatic rings. The molecule has 0 N–H and O–H groups in total. The van der Waals surface area contributed by atoms with Crippen LogP contribution in [0.15, 0.2) is 72.4 Å². The zero-order valence-corrected chi connectivity index (χ0v) is 15.6. The fourth-order valence-corrected chi connectivity index (χ4v) is 3.52. The van der Waals surface area contributed by atoms with E-state index in [-0.39, 0.29) is 17.3 Å². The molecule has 0 aliphatic heterocycles. The lowest BCUT2D eigenvalue weighted by molar-refractivity contribution is -0.130. The lowest BCUT2D eigenvalue weighted by Crippen LogP contribution is -2.42. The summed E-state index contributed by atoms with van der Waals surface area (Å²) in [6.07, 6.45) is 5.10. The number of carbonyl (C=O) groups is 1. The number of rotatable bonds is 9. The Morgan fingerprint density at radius 1 is 1.19 bits per heavy atom. The molecule has 7 heteroatoms. The van der Waals surface area contributed by atoms with Crippen LogP contribution in [0.4, 0.5) is 0 Å². The van der Waals surface area contributed by atoms with Crippen molar-refractivity contribution < 1.29 is 13.2 Å². The first-order chi connectivity index (χ1) is 12.4. The average Bonchev–Trinajstić information content (AvgIpc) is 2.66. The van der Waals surface area contributed by atoms with Gasteiger partial charge in [0.25, 0.3) is 0 Å². The molecular weight excluding hydrogens is 350 g/mol. The maximum absolute atomic E-state index is 12.6. The summed E-state index contributed by atoms with van der Waals surface area (Å²) in [6.45, 7) is 4.31. The second-order valence-electron chi connectivity index (χ2n) is 5.81. The largest absolute Gasteiger partial charge is 0.338 e. The second-order valence-corrected chi connectivity index (χ2v) is 7.86. The Morgan fingerprint density at radius 2 is 1.92 bits per heavy atom. The van der Waals surface area contributed by atoms with Crippen LogP contribution in [0.2, 0.25) is 0 Å². The molecule has 0 saturated carbocycles. The van der Waals surface area contributed by atoms with Crippen molar-refractivity contribution in [2.24, 2.45) is 0 Å². The highest BCUT2D eigenvalue weighted by Crippen LogP contribution is 2.12. The Kier molecular flexibility index (Phi) is 7.06. The molecule has 2 rings (SSSR count). The van der Waals surface area contributed by atoms with Gasteiger partial charge in [-0.3, -0.25) is 9.78 Å². The van der Waals surface area contributed by atoms with E-state index in [1.54, 1.807) is 17.0 Å². The normalized spacial score (nSPS) is 11.3. The number of carbonyl (C=O) groups excluding carboxylic acids is 1. The first-order valence-corrected chi connectivity index (χ1v) is 9.68. The van der Waals surface area contributed by atoms with Gasteiger partial charge >= 0.3 is 0 Å². The zero-order valence-electron chi connectivity index (χ0n) is 14.8. The predicted molar refractivity (Wildman–Crippen MR) is 101 cm³/mol. The molecule has 0 bridgehead atoms. The third-order valence-electron chi connectivity index (χ3n) is 3.92. The number of benzene rings is 1. The zero-order chi connectivity index (χ0) is 19.0. The van der Waals surface area contributed by atoms with Crippen LogP contribution in [0.1, 0.15) is 5.56 Å². The summed E-state index contributed by atoms with van der Waals surface area (Å²) in [5.41, 5.74) is 1.12. The molecular formula is C19H23N3O3S. The van der Waals surface area contributed by atoms with Gasteiger partial charge in [0.15, 0.2) is 0 Å². The van der Waals surface area contributed by atoms with Gasteiger partial charge in [0.1, 0.15) is 4.90 Å². The molecule has 0 atom stereocenters. The summed E-state index contributed by atoms with van der Waals surface area (Å²) < 4.78 is 26.1. The van der Waals surface area contributed by atoms with Crippen LogP contribution < -0.4 is 0 Å². The molecule has 1 heterocycles. The first kappa shape index (κ1) is 19.8. The van der Waals surface area contributed by atoms with Crippen molar-refractivity contribution >= 4 is 15.9 Å². The van der Waals surface area contributed by atoms with Crippen LogP contribution in [0.5, 0.6) is 0 Å². The summed E-state index contributed by atoms with van der Waals surface area (Å²) in [5, 5.41) is 0. The molecule has 1 aromatic carbocycles. The van der Waals surface area contributed by atoms with Crippen LogP contribution in [0.25, 0.3) is 0 Å². The smallest absolute Gasteiger partial charge is 0.244 e. The van der Waals surface area contributed by atoms with E-state index in [4.69, 9.17) is 0 Å². The quantitative estimate of drug-likeness (QED) is 0.630. The van der Waals surface area contributed by atoms with E-state index in [1.807, 2.05) is 30.3 Å². The van der Waals surface area contributed by atoms with Gasteiger partial charge in [-0.2, -0.15) is 4.31 Å². The fraction of sp³-hybridized carbons (Fsp3) is 0.263. The minimum absolute atomic E-state index is 0.0647. The van der Waals surface area contributed by atoms with Gasteiger partial charge in [0, 0.05) is 32.5 Å². The van der Waals surface area contributed by atoms with Crippen LogP contribution in [0, 0.1) is 0 Å². The molecule has 0 radical (unpaired) electrons. The molecule has 138 valence electrons. The van der Waals surface area contributed by atoms with Gasteiger partial charge in [-0.15, -0.1) is 6.58 Å². The third kappa shape index (κ3) is 5.24. The highest BCUT2D eigenvalue weighted by atomic mass is 32.2. The van der Waals surface area contributed by atoms with Crippen molar-refractivity contribution in [3.05, 3.63) is 73.1 Å². The van der Waals surface area contributed by atoms with E-state index in [1.165, 1.54) is 25.5 Å². The van der Waals surface area contributed by atoms with Gasteiger partial charge < -0.3 is 4.90 Å². The Labute approximate surface area is 154 Å². The van der Waals surface area contributed by atoms with E-state index in [0.717, 1.165) is 9.87 Å². The SMILES string of the molecule is C=CCN(CCc1ccccc1)C(=O)CN(C)S(=O)(=O)c1cccnc1. The number of amides is 1. The molecule has 0 saturated heterocycles. The van der Waals surface area contributed by atoms with Gasteiger partial charge in [0.2, 0.25) is 15.9 Å². The third-order valence-corrected chi connectivity index (χ3v) is 5.70. The number of hydrogen-bond donors (Lipinski definition) is 0. The summed E-state index contributed by atoms with van der Waals surface area (Å²) in [7, 11) is -2.36. The van der Waals surface area contributed by atoms with E-state index in [9.17, 15) is 13.2 Å². The van der Waals surface area contributed by atoms with E-state index in [2.05, 4.69) is 11.6 Å². The minimum atomic E-state index is -3.75. The van der Waals surface area contributed by atoms with Crippen molar-refractivity contribution in [2.75, 3.05) is 26.7 Å². The van der Waals surface area contributed by atoms with E-state index >= 15 is 0 Å². The highest BCUT2D eigenvalue weighted by molar-refractivity contribution is 7.89. The molecule has 1 aromatic heterocycles. The van der Waals surface area contributed by atoms with Crippen molar-refractivity contribution in [3.63, 3.8) is 0 Å². The summed E-state index contributed by atoms with van der Waals surface area (Å²) in [6, 6.07) is 12.8. The summed E-state index contributed by atoms with van der Waals surface area (Å²) in [4.78, 5) is 18.1. The lowest BCUT2D eigenvalue weighted by Gasteiger charge is -2.24. The number of sulfonamides is 1. The second kappa shape index (κ2) is 9.26. The topological polar surface area (TPSA) is 70.6 Å². The lowest BCUT2D eigenvalue weighted by atomic mass is 10.1. The average molecular weight is 373 g/mol. The van der Waals surface area contributed by atoms with Gasteiger partial charge in [-0.25, -0.2) is 8.42 Å². The van der Waals surface area contributed by atoms with Crippen LogP contribution in [-0.4, -0.2) is 55.2 Å². The van der Waals surface area contributed by atoms with Crippen molar-refractivity contribution in [3.8, 4) is 0 Å². The Bertz CT molecular complexity index is 824. The van der Waals surface area contributed by atoms with Gasteiger partial charge in [0.05, 0.1) is 6.54 Å². The molecule has 0 spiro atoms. The molecule has 1 amide bonds. The molecule has 0 aliphatic carbocycles.